The van der Waals surface area contributed by atoms with E-state index in [4.69, 9.17) is 0 Å². The summed E-state index contributed by atoms with van der Waals surface area (Å²) in [6, 6.07) is 0. The SMILES string of the molecule is S=C=NOI. The van der Waals surface area contributed by atoms with Crippen molar-refractivity contribution in [2.45, 2.75) is 0 Å². The van der Waals surface area contributed by atoms with Gasteiger partial charge < -0.3 is 3.17 Å². The molecule has 0 aliphatic rings. The molecule has 5 heavy (non-hydrogen) atoms. The summed E-state index contributed by atoms with van der Waals surface area (Å²) in [7, 11) is 0. The van der Waals surface area contributed by atoms with Crippen molar-refractivity contribution in [3.8, 4) is 0 Å². The van der Waals surface area contributed by atoms with Gasteiger partial charge in [-0.1, -0.05) is 0 Å². The minimum Gasteiger partial charge on any atom is -0.318 e. The molecule has 0 N–H and O–H groups in total. The van der Waals surface area contributed by atoms with E-state index in [1.54, 1.807) is 23.0 Å². The highest BCUT2D eigenvalue weighted by molar-refractivity contribution is 14.1. The fourth-order valence-electron chi connectivity index (χ4n) is 0.0141. The van der Waals surface area contributed by atoms with Crippen LogP contribution in [-0.2, 0) is 3.17 Å². The quantitative estimate of drug-likeness (QED) is 0.276. The molecule has 0 atom stereocenters. The number of hydrogen-bond donors (Lipinski definition) is 0. The Balaban J connectivity index is 2.93. The molecule has 0 fully saturated rings. The van der Waals surface area contributed by atoms with Crippen molar-refractivity contribution in [1.82, 2.24) is 0 Å². The lowest BCUT2D eigenvalue weighted by Gasteiger charge is -1.64. The van der Waals surface area contributed by atoms with Crippen LogP contribution in [0.5, 0.6) is 0 Å². The Morgan fingerprint density at radius 3 is 2.60 bits per heavy atom. The van der Waals surface area contributed by atoms with Crippen molar-refractivity contribution >= 4 is 40.4 Å². The molecular formula is CINOS. The molecule has 0 saturated carbocycles. The van der Waals surface area contributed by atoms with Gasteiger partial charge in [-0.3, -0.25) is 0 Å². The third-order valence-electron chi connectivity index (χ3n) is 0.0718. The number of hydrogen-bond acceptors (Lipinski definition) is 3. The van der Waals surface area contributed by atoms with Crippen LogP contribution in [0.15, 0.2) is 5.16 Å². The van der Waals surface area contributed by atoms with Gasteiger partial charge in [0.1, 0.15) is 5.16 Å². The predicted octanol–water partition coefficient (Wildman–Crippen LogP) is 1.37. The summed E-state index contributed by atoms with van der Waals surface area (Å²) in [5.74, 6) is 0. The van der Waals surface area contributed by atoms with Gasteiger partial charge in [0.15, 0.2) is 0 Å². The highest BCUT2D eigenvalue weighted by atomic mass is 127. The second-order valence-electron chi connectivity index (χ2n) is 0.252. The van der Waals surface area contributed by atoms with Gasteiger partial charge in [0.2, 0.25) is 23.0 Å². The smallest absolute Gasteiger partial charge is 0.231 e. The molecule has 0 radical (unpaired) electrons. The number of thiocarbonyl (C=S) groups is 1. The molecule has 0 spiro atoms. The van der Waals surface area contributed by atoms with Crippen LogP contribution in [0.3, 0.4) is 0 Å². The topological polar surface area (TPSA) is 21.6 Å². The predicted molar refractivity (Wildman–Crippen MR) is 30.1 cm³/mol. The summed E-state index contributed by atoms with van der Waals surface area (Å²) in [5, 5.41) is 5.02. The molecule has 0 aliphatic carbocycles. The normalized spacial score (nSPS) is 5.00. The van der Waals surface area contributed by atoms with Gasteiger partial charge in [-0.15, -0.1) is 0 Å². The molecule has 0 unspecified atom stereocenters. The maximum atomic E-state index is 4.10. The molecule has 4 heteroatoms. The van der Waals surface area contributed by atoms with E-state index in [-0.39, 0.29) is 0 Å². The van der Waals surface area contributed by atoms with Gasteiger partial charge in [0.25, 0.3) is 0 Å². The molecule has 28 valence electrons. The lowest BCUT2D eigenvalue weighted by atomic mass is 11.7. The zero-order valence-electron chi connectivity index (χ0n) is 2.14. The van der Waals surface area contributed by atoms with E-state index in [1.807, 2.05) is 5.16 Å². The van der Waals surface area contributed by atoms with Crippen molar-refractivity contribution in [3.63, 3.8) is 0 Å². The Labute approximate surface area is 48.9 Å². The van der Waals surface area contributed by atoms with Crippen LogP contribution in [0.1, 0.15) is 0 Å². The molecule has 0 aromatic carbocycles. The first-order valence-electron chi connectivity index (χ1n) is 0.765. The first-order chi connectivity index (χ1) is 2.41. The van der Waals surface area contributed by atoms with Gasteiger partial charge in [0, 0.05) is 0 Å². The second-order valence-corrected chi connectivity index (χ2v) is 0.828. The van der Waals surface area contributed by atoms with Crippen LogP contribution in [0.25, 0.3) is 0 Å². The van der Waals surface area contributed by atoms with Crippen LogP contribution >= 0.6 is 35.2 Å². The van der Waals surface area contributed by atoms with E-state index >= 15 is 0 Å². The summed E-state index contributed by atoms with van der Waals surface area (Å²) < 4.78 is 4.07. The average molecular weight is 201 g/mol. The number of halogens is 1. The Morgan fingerprint density at radius 2 is 2.60 bits per heavy atom. The van der Waals surface area contributed by atoms with Crippen molar-refractivity contribution in [2.24, 2.45) is 5.16 Å². The van der Waals surface area contributed by atoms with Crippen LogP contribution in [0.2, 0.25) is 0 Å². The lowest BCUT2D eigenvalue weighted by Crippen LogP contribution is -1.43. The highest BCUT2D eigenvalue weighted by Gasteiger charge is 1.48. The van der Waals surface area contributed by atoms with Gasteiger partial charge in [-0.2, -0.15) is 0 Å². The molecule has 0 rings (SSSR count). The monoisotopic (exact) mass is 201 g/mol. The molecule has 0 aliphatic heterocycles. The van der Waals surface area contributed by atoms with E-state index in [1.165, 1.54) is 0 Å². The van der Waals surface area contributed by atoms with Crippen LogP contribution in [-0.4, -0.2) is 5.16 Å². The largest absolute Gasteiger partial charge is 0.318 e. The van der Waals surface area contributed by atoms with Crippen molar-refractivity contribution in [2.75, 3.05) is 0 Å². The van der Waals surface area contributed by atoms with Crippen LogP contribution < -0.4 is 0 Å². The molecule has 0 amide bonds. The molecule has 0 saturated heterocycles. The number of rotatable bonds is 1. The van der Waals surface area contributed by atoms with Gasteiger partial charge >= 0.3 is 0 Å². The lowest BCUT2D eigenvalue weighted by molar-refractivity contribution is 0.470. The molecule has 0 aromatic rings. The van der Waals surface area contributed by atoms with E-state index in [2.05, 4.69) is 20.5 Å². The Bertz CT molecular complexity index is 58.7. The van der Waals surface area contributed by atoms with Crippen LogP contribution in [0, 0.1) is 0 Å². The average Bonchev–Trinajstić information content (AvgIpc) is 1.41. The minimum absolute atomic E-state index is 1.59. The first kappa shape index (κ1) is 5.33. The van der Waals surface area contributed by atoms with Gasteiger partial charge in [-0.05, 0) is 17.4 Å². The van der Waals surface area contributed by atoms with E-state index < -0.39 is 0 Å². The molecular weight excluding hydrogens is 201 g/mol. The third kappa shape index (κ3) is 4.33. The molecule has 0 aromatic heterocycles. The Hall–Kier alpha value is 0.330. The maximum Gasteiger partial charge on any atom is 0.231 e. The Kier molecular flexibility index (Phi) is 4.62. The highest BCUT2D eigenvalue weighted by Crippen LogP contribution is 1.80. The maximum absolute atomic E-state index is 4.10. The fourth-order valence-corrected chi connectivity index (χ4v) is 0.283. The zero-order valence-corrected chi connectivity index (χ0v) is 5.12. The molecule has 2 nitrogen and oxygen atoms in total. The minimum atomic E-state index is 1.59. The second kappa shape index (κ2) is 4.33. The summed E-state index contributed by atoms with van der Waals surface area (Å²) >= 11 is 5.70. The zero-order chi connectivity index (χ0) is 4.12. The summed E-state index contributed by atoms with van der Waals surface area (Å²) in [6.07, 6.45) is 0. The van der Waals surface area contributed by atoms with Gasteiger partial charge in [0.05, 0.1) is 0 Å². The number of nitrogens with zero attached hydrogens (tertiary/aromatic N) is 1. The standard InChI is InChI=1S/CINOS/c2-4-3-1-5. The van der Waals surface area contributed by atoms with Crippen LogP contribution in [0.4, 0.5) is 0 Å². The van der Waals surface area contributed by atoms with Crippen molar-refractivity contribution in [3.05, 3.63) is 0 Å². The number of isothiocyanates is 1. The summed E-state index contributed by atoms with van der Waals surface area (Å²) in [5.41, 5.74) is 0. The molecule has 0 bridgehead atoms. The fraction of sp³-hybridized carbons (Fsp3) is 0. The van der Waals surface area contributed by atoms with E-state index in [0.29, 0.717) is 0 Å². The molecule has 0 heterocycles. The van der Waals surface area contributed by atoms with Crippen molar-refractivity contribution < 1.29 is 3.17 Å². The Morgan fingerprint density at radius 1 is 2.00 bits per heavy atom. The summed E-state index contributed by atoms with van der Waals surface area (Å²) in [4.78, 5) is 0. The van der Waals surface area contributed by atoms with E-state index in [9.17, 15) is 0 Å². The van der Waals surface area contributed by atoms with Crippen molar-refractivity contribution in [1.29, 1.82) is 0 Å². The summed E-state index contributed by atoms with van der Waals surface area (Å²) in [6.45, 7) is 0. The van der Waals surface area contributed by atoms with Gasteiger partial charge in [-0.25, -0.2) is 0 Å². The third-order valence-corrected chi connectivity index (χ3v) is 0.343. The van der Waals surface area contributed by atoms with E-state index in [0.717, 1.165) is 0 Å². The first-order valence-corrected chi connectivity index (χ1v) is 2.05.